The maximum absolute atomic E-state index is 13.3. The summed E-state index contributed by atoms with van der Waals surface area (Å²) in [6.07, 6.45) is 0.652. The summed E-state index contributed by atoms with van der Waals surface area (Å²) in [6, 6.07) is 13.2. The van der Waals surface area contributed by atoms with Crippen LogP contribution in [-0.4, -0.2) is 47.7 Å². The first-order chi connectivity index (χ1) is 13.9. The zero-order valence-corrected chi connectivity index (χ0v) is 17.9. The molecule has 2 aromatic rings. The molecule has 0 bridgehead atoms. The van der Waals surface area contributed by atoms with E-state index >= 15 is 0 Å². The van der Waals surface area contributed by atoms with Crippen molar-refractivity contribution in [2.45, 2.75) is 25.2 Å². The van der Waals surface area contributed by atoms with Gasteiger partial charge in [0.1, 0.15) is 12.3 Å². The molecule has 2 aromatic carbocycles. The Balaban J connectivity index is 2.32. The first-order valence-corrected chi connectivity index (χ1v) is 10.9. The summed E-state index contributed by atoms with van der Waals surface area (Å²) in [5.74, 6) is -0.0242. The quantitative estimate of drug-likeness (QED) is 0.565. The van der Waals surface area contributed by atoms with Crippen LogP contribution in [0.15, 0.2) is 53.4 Å². The van der Waals surface area contributed by atoms with Crippen molar-refractivity contribution in [1.82, 2.24) is 5.32 Å². The van der Waals surface area contributed by atoms with Crippen LogP contribution in [0.1, 0.15) is 18.9 Å². The van der Waals surface area contributed by atoms with Gasteiger partial charge in [-0.1, -0.05) is 24.3 Å². The average molecular weight is 421 g/mol. The van der Waals surface area contributed by atoms with Crippen LogP contribution < -0.4 is 14.4 Å². The van der Waals surface area contributed by atoms with Crippen LogP contribution >= 0.6 is 0 Å². The van der Waals surface area contributed by atoms with Crippen molar-refractivity contribution in [3.05, 3.63) is 54.1 Å². The van der Waals surface area contributed by atoms with E-state index in [0.717, 1.165) is 9.87 Å². The summed E-state index contributed by atoms with van der Waals surface area (Å²) in [7, 11) is -2.50. The number of amides is 1. The molecule has 1 N–H and O–H groups in total. The number of hydrogen-bond donors (Lipinski definition) is 1. The molecule has 0 aliphatic carbocycles. The van der Waals surface area contributed by atoms with E-state index in [9.17, 15) is 13.2 Å². The summed E-state index contributed by atoms with van der Waals surface area (Å²) < 4.78 is 38.4. The predicted molar refractivity (Wildman–Crippen MR) is 113 cm³/mol. The summed E-state index contributed by atoms with van der Waals surface area (Å²) in [6.45, 7) is 4.96. The van der Waals surface area contributed by atoms with Crippen LogP contribution in [0.25, 0.3) is 0 Å². The van der Waals surface area contributed by atoms with Crippen molar-refractivity contribution in [1.29, 1.82) is 0 Å². The van der Waals surface area contributed by atoms with Gasteiger partial charge in [0.05, 0.1) is 17.7 Å². The van der Waals surface area contributed by atoms with E-state index in [2.05, 4.69) is 5.32 Å². The van der Waals surface area contributed by atoms with E-state index < -0.39 is 15.9 Å². The molecule has 0 aromatic heterocycles. The Bertz CT molecular complexity index is 901. The fraction of sp³-hybridized carbons (Fsp3) is 0.381. The Morgan fingerprint density at radius 3 is 2.52 bits per heavy atom. The molecule has 0 atom stereocenters. The van der Waals surface area contributed by atoms with Gasteiger partial charge in [0, 0.05) is 19.8 Å². The fourth-order valence-corrected chi connectivity index (χ4v) is 4.19. The fourth-order valence-electron chi connectivity index (χ4n) is 2.75. The number of rotatable bonds is 11. The Morgan fingerprint density at radius 1 is 1.14 bits per heavy atom. The summed E-state index contributed by atoms with van der Waals surface area (Å²) >= 11 is 0. The monoisotopic (exact) mass is 420 g/mol. The van der Waals surface area contributed by atoms with Gasteiger partial charge in [-0.15, -0.1) is 0 Å². The lowest BCUT2D eigenvalue weighted by molar-refractivity contribution is -0.119. The zero-order chi connectivity index (χ0) is 21.3. The minimum absolute atomic E-state index is 0.104. The van der Waals surface area contributed by atoms with Gasteiger partial charge in [0.25, 0.3) is 10.0 Å². The minimum atomic E-state index is -3.97. The van der Waals surface area contributed by atoms with Gasteiger partial charge in [-0.3, -0.25) is 9.10 Å². The van der Waals surface area contributed by atoms with Gasteiger partial charge in [-0.2, -0.15) is 0 Å². The molecule has 7 nitrogen and oxygen atoms in total. The average Bonchev–Trinajstić information content (AvgIpc) is 2.72. The molecule has 0 heterocycles. The SMILES string of the molecule is CCOCCCNC(=O)CN(c1cc(C)ccc1OC)S(=O)(=O)c1ccccc1. The first kappa shape index (κ1) is 22.7. The van der Waals surface area contributed by atoms with E-state index in [1.54, 1.807) is 30.3 Å². The van der Waals surface area contributed by atoms with E-state index in [1.165, 1.54) is 19.2 Å². The highest BCUT2D eigenvalue weighted by molar-refractivity contribution is 7.92. The lowest BCUT2D eigenvalue weighted by Crippen LogP contribution is -2.41. The third-order valence-corrected chi connectivity index (χ3v) is 5.99. The first-order valence-electron chi connectivity index (χ1n) is 9.47. The highest BCUT2D eigenvalue weighted by Gasteiger charge is 2.29. The number of carbonyl (C=O) groups excluding carboxylic acids is 1. The molecule has 0 saturated carbocycles. The summed E-state index contributed by atoms with van der Waals surface area (Å²) in [5.41, 5.74) is 1.17. The van der Waals surface area contributed by atoms with Crippen LogP contribution in [0.4, 0.5) is 5.69 Å². The summed E-state index contributed by atoms with van der Waals surface area (Å²) in [4.78, 5) is 12.6. The Labute approximate surface area is 172 Å². The molecule has 0 spiro atoms. The maximum atomic E-state index is 13.3. The molecule has 0 saturated heterocycles. The van der Waals surface area contributed by atoms with Crippen LogP contribution in [-0.2, 0) is 19.6 Å². The molecule has 1 amide bonds. The van der Waals surface area contributed by atoms with E-state index in [1.807, 2.05) is 19.9 Å². The van der Waals surface area contributed by atoms with Crippen LogP contribution in [0.3, 0.4) is 0 Å². The maximum Gasteiger partial charge on any atom is 0.264 e. The standard InChI is InChI=1S/C21H28N2O5S/c1-4-28-14-8-13-22-21(24)16-23(19-15-17(2)11-12-20(19)27-3)29(25,26)18-9-6-5-7-10-18/h5-7,9-12,15H,4,8,13-14,16H2,1-3H3,(H,22,24). The van der Waals surface area contributed by atoms with Gasteiger partial charge in [-0.05, 0) is 50.1 Å². The number of ether oxygens (including phenoxy) is 2. The van der Waals surface area contributed by atoms with Crippen LogP contribution in [0.2, 0.25) is 0 Å². The molecule has 0 fully saturated rings. The lowest BCUT2D eigenvalue weighted by atomic mass is 10.2. The van der Waals surface area contributed by atoms with Gasteiger partial charge >= 0.3 is 0 Å². The highest BCUT2D eigenvalue weighted by Crippen LogP contribution is 2.33. The topological polar surface area (TPSA) is 84.9 Å². The van der Waals surface area contributed by atoms with Gasteiger partial charge in [0.15, 0.2) is 0 Å². The number of benzene rings is 2. The second-order valence-electron chi connectivity index (χ2n) is 6.40. The van der Waals surface area contributed by atoms with E-state index in [-0.39, 0.29) is 11.4 Å². The zero-order valence-electron chi connectivity index (χ0n) is 17.1. The minimum Gasteiger partial charge on any atom is -0.495 e. The number of aryl methyl sites for hydroxylation is 1. The molecule has 0 aliphatic heterocycles. The number of nitrogens with one attached hydrogen (secondary N) is 1. The second kappa shape index (κ2) is 10.8. The number of methoxy groups -OCH3 is 1. The van der Waals surface area contributed by atoms with Crippen LogP contribution in [0.5, 0.6) is 5.75 Å². The Kier molecular flexibility index (Phi) is 8.48. The van der Waals surface area contributed by atoms with Gasteiger partial charge < -0.3 is 14.8 Å². The van der Waals surface area contributed by atoms with Crippen molar-refractivity contribution in [2.24, 2.45) is 0 Å². The Hall–Kier alpha value is -2.58. The molecular weight excluding hydrogens is 392 g/mol. The molecule has 29 heavy (non-hydrogen) atoms. The van der Waals surface area contributed by atoms with E-state index in [4.69, 9.17) is 9.47 Å². The second-order valence-corrected chi connectivity index (χ2v) is 8.26. The van der Waals surface area contributed by atoms with Crippen molar-refractivity contribution in [3.63, 3.8) is 0 Å². The van der Waals surface area contributed by atoms with Crippen LogP contribution in [0, 0.1) is 6.92 Å². The molecule has 158 valence electrons. The normalized spacial score (nSPS) is 11.1. The number of nitrogens with zero attached hydrogens (tertiary/aromatic N) is 1. The van der Waals surface area contributed by atoms with Crippen molar-refractivity contribution < 1.29 is 22.7 Å². The number of anilines is 1. The van der Waals surface area contributed by atoms with Gasteiger partial charge in [-0.25, -0.2) is 8.42 Å². The van der Waals surface area contributed by atoms with Crippen molar-refractivity contribution in [3.8, 4) is 5.75 Å². The van der Waals surface area contributed by atoms with E-state index in [0.29, 0.717) is 37.6 Å². The Morgan fingerprint density at radius 2 is 1.86 bits per heavy atom. The third kappa shape index (κ3) is 6.20. The lowest BCUT2D eigenvalue weighted by Gasteiger charge is -2.26. The number of hydrogen-bond acceptors (Lipinski definition) is 5. The smallest absolute Gasteiger partial charge is 0.264 e. The number of sulfonamides is 1. The number of carbonyl (C=O) groups is 1. The van der Waals surface area contributed by atoms with Crippen molar-refractivity contribution >= 4 is 21.6 Å². The molecule has 0 aliphatic rings. The summed E-state index contributed by atoms with van der Waals surface area (Å²) in [5, 5.41) is 2.75. The van der Waals surface area contributed by atoms with Crippen molar-refractivity contribution in [2.75, 3.05) is 37.7 Å². The molecule has 8 heteroatoms. The molecule has 2 rings (SSSR count). The third-order valence-electron chi connectivity index (χ3n) is 4.21. The largest absolute Gasteiger partial charge is 0.495 e. The molecule has 0 radical (unpaired) electrons. The highest BCUT2D eigenvalue weighted by atomic mass is 32.2. The molecule has 0 unspecified atom stereocenters. The molecular formula is C21H28N2O5S. The van der Waals surface area contributed by atoms with Gasteiger partial charge in [0.2, 0.25) is 5.91 Å². The predicted octanol–water partition coefficient (Wildman–Crippen LogP) is 2.74.